The molecule has 2 aromatic rings. The van der Waals surface area contributed by atoms with Crippen LogP contribution in [0, 0.1) is 6.92 Å². The van der Waals surface area contributed by atoms with Crippen molar-refractivity contribution in [3.05, 3.63) is 35.9 Å². The Morgan fingerprint density at radius 2 is 1.95 bits per heavy atom. The van der Waals surface area contributed by atoms with Gasteiger partial charge in [0.2, 0.25) is 0 Å². The summed E-state index contributed by atoms with van der Waals surface area (Å²) in [5, 5.41) is 11.0. The molecule has 1 unspecified atom stereocenters. The molecule has 2 N–H and O–H groups in total. The summed E-state index contributed by atoms with van der Waals surface area (Å²) in [6, 6.07) is 4.09. The van der Waals surface area contributed by atoms with Crippen LogP contribution in [0.4, 0.5) is 0 Å². The minimum Gasteiger partial charge on any atom is -0.316 e. The van der Waals surface area contributed by atoms with Crippen LogP contribution < -0.4 is 5.32 Å². The number of H-pyrrole nitrogens is 1. The number of aromatic amines is 1. The molecule has 0 amide bonds. The molecule has 1 atom stereocenters. The van der Waals surface area contributed by atoms with Crippen molar-refractivity contribution in [2.24, 2.45) is 0 Å². The van der Waals surface area contributed by atoms with E-state index in [0.717, 1.165) is 18.8 Å². The zero-order valence-electron chi connectivity index (χ0n) is 11.9. The Labute approximate surface area is 114 Å². The van der Waals surface area contributed by atoms with E-state index in [-0.39, 0.29) is 0 Å². The summed E-state index contributed by atoms with van der Waals surface area (Å²) >= 11 is 0. The third kappa shape index (κ3) is 2.84. The first-order valence-corrected chi connectivity index (χ1v) is 7.02. The van der Waals surface area contributed by atoms with Crippen molar-refractivity contribution in [3.8, 4) is 11.1 Å². The average Bonchev–Trinajstić information content (AvgIpc) is 3.11. The molecule has 4 heteroatoms. The second kappa shape index (κ2) is 6.48. The molecule has 1 aliphatic rings. The maximum Gasteiger partial charge on any atom is 0.0747 e. The fourth-order valence-corrected chi connectivity index (χ4v) is 2.51. The number of aryl methyl sites for hydroxylation is 1. The van der Waals surface area contributed by atoms with Crippen molar-refractivity contribution in [3.63, 3.8) is 0 Å². The van der Waals surface area contributed by atoms with Gasteiger partial charge in [-0.05, 0) is 37.6 Å². The third-order valence-electron chi connectivity index (χ3n) is 3.39. The monoisotopic (exact) mass is 258 g/mol. The molecule has 1 saturated heterocycles. The molecule has 3 rings (SSSR count). The molecule has 19 heavy (non-hydrogen) atoms. The quantitative estimate of drug-likeness (QED) is 0.871. The Hall–Kier alpha value is -1.68. The van der Waals surface area contributed by atoms with Crippen LogP contribution in [0.25, 0.3) is 11.1 Å². The summed E-state index contributed by atoms with van der Waals surface area (Å²) in [5.74, 6) is 0.531. The molecule has 1 aliphatic heterocycles. The molecule has 0 aliphatic carbocycles. The van der Waals surface area contributed by atoms with E-state index in [1.807, 2.05) is 38.4 Å². The second-order valence-corrected chi connectivity index (χ2v) is 4.53. The van der Waals surface area contributed by atoms with Crippen molar-refractivity contribution in [2.75, 3.05) is 13.1 Å². The lowest BCUT2D eigenvalue weighted by Crippen LogP contribution is -2.08. The molecule has 0 saturated carbocycles. The van der Waals surface area contributed by atoms with Crippen LogP contribution in [0.15, 0.2) is 24.5 Å². The highest BCUT2D eigenvalue weighted by Gasteiger charge is 2.24. The number of pyridine rings is 1. The fraction of sp³-hybridized carbons (Fsp3) is 0.467. The van der Waals surface area contributed by atoms with Gasteiger partial charge < -0.3 is 5.32 Å². The lowest BCUT2D eigenvalue weighted by atomic mass is 9.95. The third-order valence-corrected chi connectivity index (χ3v) is 3.39. The summed E-state index contributed by atoms with van der Waals surface area (Å²) in [5.41, 5.74) is 4.78. The van der Waals surface area contributed by atoms with E-state index in [4.69, 9.17) is 0 Å². The Kier molecular flexibility index (Phi) is 4.68. The fourth-order valence-electron chi connectivity index (χ4n) is 2.51. The largest absolute Gasteiger partial charge is 0.316 e. The van der Waals surface area contributed by atoms with Crippen LogP contribution in [0.2, 0.25) is 0 Å². The van der Waals surface area contributed by atoms with Gasteiger partial charge in [0.1, 0.15) is 0 Å². The van der Waals surface area contributed by atoms with E-state index in [1.54, 1.807) is 0 Å². The molecular formula is C15H22N4. The molecule has 1 fully saturated rings. The van der Waals surface area contributed by atoms with E-state index in [0.29, 0.717) is 5.92 Å². The first kappa shape index (κ1) is 13.7. The zero-order chi connectivity index (χ0) is 13.7. The maximum absolute atomic E-state index is 4.49. The number of nitrogens with one attached hydrogen (secondary N) is 2. The van der Waals surface area contributed by atoms with Gasteiger partial charge in [0.25, 0.3) is 0 Å². The average molecular weight is 258 g/mol. The van der Waals surface area contributed by atoms with Crippen molar-refractivity contribution in [1.82, 2.24) is 20.5 Å². The van der Waals surface area contributed by atoms with Gasteiger partial charge in [-0.3, -0.25) is 10.1 Å². The van der Waals surface area contributed by atoms with E-state index in [9.17, 15) is 0 Å². The van der Waals surface area contributed by atoms with E-state index >= 15 is 0 Å². The highest BCUT2D eigenvalue weighted by molar-refractivity contribution is 5.68. The van der Waals surface area contributed by atoms with Crippen LogP contribution in [-0.4, -0.2) is 28.3 Å². The summed E-state index contributed by atoms with van der Waals surface area (Å²) in [6.07, 6.45) is 4.83. The van der Waals surface area contributed by atoms with E-state index in [1.165, 1.54) is 23.2 Å². The van der Waals surface area contributed by atoms with Gasteiger partial charge in [0.05, 0.1) is 5.69 Å². The SMILES string of the molecule is CC.Cc1[nH]nc(C2CCNC2)c1-c1ccncc1. The highest BCUT2D eigenvalue weighted by atomic mass is 15.1. The maximum atomic E-state index is 4.49. The lowest BCUT2D eigenvalue weighted by Gasteiger charge is -2.08. The Morgan fingerprint density at radius 1 is 1.21 bits per heavy atom. The number of nitrogens with zero attached hydrogens (tertiary/aromatic N) is 2. The molecule has 0 aromatic carbocycles. The smallest absolute Gasteiger partial charge is 0.0747 e. The van der Waals surface area contributed by atoms with Gasteiger partial charge in [0.15, 0.2) is 0 Å². The van der Waals surface area contributed by atoms with Crippen LogP contribution in [0.5, 0.6) is 0 Å². The number of aromatic nitrogens is 3. The predicted molar refractivity (Wildman–Crippen MR) is 78.1 cm³/mol. The Bertz CT molecular complexity index is 498. The molecule has 2 aromatic heterocycles. The van der Waals surface area contributed by atoms with Gasteiger partial charge in [-0.1, -0.05) is 13.8 Å². The van der Waals surface area contributed by atoms with Crippen LogP contribution in [0.3, 0.4) is 0 Å². The van der Waals surface area contributed by atoms with E-state index < -0.39 is 0 Å². The number of hydrogen-bond acceptors (Lipinski definition) is 3. The minimum atomic E-state index is 0.531. The topological polar surface area (TPSA) is 53.6 Å². The van der Waals surface area contributed by atoms with Crippen LogP contribution >= 0.6 is 0 Å². The van der Waals surface area contributed by atoms with Crippen molar-refractivity contribution in [1.29, 1.82) is 0 Å². The Balaban J connectivity index is 0.000000637. The van der Waals surface area contributed by atoms with Crippen molar-refractivity contribution >= 4 is 0 Å². The molecule has 102 valence electrons. The van der Waals surface area contributed by atoms with Gasteiger partial charge in [-0.2, -0.15) is 5.10 Å². The molecule has 0 bridgehead atoms. The van der Waals surface area contributed by atoms with Crippen molar-refractivity contribution in [2.45, 2.75) is 33.1 Å². The van der Waals surface area contributed by atoms with E-state index in [2.05, 4.69) is 27.4 Å². The number of rotatable bonds is 2. The lowest BCUT2D eigenvalue weighted by molar-refractivity contribution is 0.730. The van der Waals surface area contributed by atoms with Gasteiger partial charge in [-0.25, -0.2) is 0 Å². The molecular weight excluding hydrogens is 236 g/mol. The summed E-state index contributed by atoms with van der Waals surface area (Å²) < 4.78 is 0. The first-order chi connectivity index (χ1) is 9.36. The summed E-state index contributed by atoms with van der Waals surface area (Å²) in [4.78, 5) is 4.07. The normalized spacial score (nSPS) is 17.9. The second-order valence-electron chi connectivity index (χ2n) is 4.53. The van der Waals surface area contributed by atoms with Crippen LogP contribution in [0.1, 0.15) is 37.6 Å². The predicted octanol–water partition coefficient (Wildman–Crippen LogP) is 2.88. The Morgan fingerprint density at radius 3 is 2.58 bits per heavy atom. The molecule has 4 nitrogen and oxygen atoms in total. The zero-order valence-corrected chi connectivity index (χ0v) is 11.9. The first-order valence-electron chi connectivity index (χ1n) is 7.02. The highest BCUT2D eigenvalue weighted by Crippen LogP contribution is 2.32. The molecule has 3 heterocycles. The minimum absolute atomic E-state index is 0.531. The molecule has 0 radical (unpaired) electrons. The van der Waals surface area contributed by atoms with Gasteiger partial charge in [-0.15, -0.1) is 0 Å². The standard InChI is InChI=1S/C13H16N4.C2H6/c1-9-12(10-2-5-14-6-3-10)13(17-16-9)11-4-7-15-8-11;1-2/h2-3,5-6,11,15H,4,7-8H2,1H3,(H,16,17);1-2H3. The van der Waals surface area contributed by atoms with Crippen molar-refractivity contribution < 1.29 is 0 Å². The van der Waals surface area contributed by atoms with Gasteiger partial charge >= 0.3 is 0 Å². The summed E-state index contributed by atoms with van der Waals surface area (Å²) in [7, 11) is 0. The number of hydrogen-bond donors (Lipinski definition) is 2. The summed E-state index contributed by atoms with van der Waals surface area (Å²) in [6.45, 7) is 8.20. The van der Waals surface area contributed by atoms with Crippen LogP contribution in [-0.2, 0) is 0 Å². The molecule has 0 spiro atoms. The van der Waals surface area contributed by atoms with Gasteiger partial charge in [0, 0.05) is 36.1 Å².